The number of pyridine rings is 1. The van der Waals surface area contributed by atoms with Crippen molar-refractivity contribution in [3.8, 4) is 5.75 Å². The van der Waals surface area contributed by atoms with Crippen molar-refractivity contribution in [3.05, 3.63) is 45.4 Å². The van der Waals surface area contributed by atoms with E-state index in [0.29, 0.717) is 6.42 Å². The van der Waals surface area contributed by atoms with Gasteiger partial charge in [0.25, 0.3) is 5.56 Å². The fourth-order valence-electron chi connectivity index (χ4n) is 2.16. The van der Waals surface area contributed by atoms with Crippen molar-refractivity contribution in [1.82, 2.24) is 4.98 Å². The standard InChI is InChI=1S/C16H23NO3/c1-5-11(3)15(19)12(4)8-10(2)9-13-14(18)6-7-17-16(13)20/h5-7,9,12,15,19H,8H2,1-4H3,(H2,17,18,20)/b10-9+,11-5+/t12-,15+/m1/s1. The second-order valence-corrected chi connectivity index (χ2v) is 5.26. The van der Waals surface area contributed by atoms with Gasteiger partial charge in [-0.25, -0.2) is 0 Å². The maximum absolute atomic E-state index is 11.6. The van der Waals surface area contributed by atoms with Crippen LogP contribution in [0.4, 0.5) is 0 Å². The maximum atomic E-state index is 11.6. The lowest BCUT2D eigenvalue weighted by Crippen LogP contribution is -2.19. The first kappa shape index (κ1) is 16.2. The first-order valence-corrected chi connectivity index (χ1v) is 6.75. The zero-order valence-corrected chi connectivity index (χ0v) is 12.5. The van der Waals surface area contributed by atoms with Crippen molar-refractivity contribution >= 4 is 6.08 Å². The topological polar surface area (TPSA) is 73.3 Å². The molecular formula is C16H23NO3. The summed E-state index contributed by atoms with van der Waals surface area (Å²) < 4.78 is 0. The zero-order valence-electron chi connectivity index (χ0n) is 12.5. The molecule has 2 atom stereocenters. The van der Waals surface area contributed by atoms with E-state index in [1.807, 2.05) is 33.8 Å². The molecule has 4 heteroatoms. The highest BCUT2D eigenvalue weighted by molar-refractivity contribution is 5.57. The third-order valence-corrected chi connectivity index (χ3v) is 3.47. The number of aromatic hydroxyl groups is 1. The summed E-state index contributed by atoms with van der Waals surface area (Å²) in [5.74, 6) is 0.0123. The van der Waals surface area contributed by atoms with Crippen LogP contribution in [0.3, 0.4) is 0 Å². The molecule has 1 aromatic heterocycles. The largest absolute Gasteiger partial charge is 0.507 e. The number of aliphatic hydroxyl groups is 1. The Balaban J connectivity index is 2.88. The number of rotatable bonds is 5. The highest BCUT2D eigenvalue weighted by atomic mass is 16.3. The van der Waals surface area contributed by atoms with Crippen LogP contribution < -0.4 is 5.56 Å². The Bertz CT molecular complexity index is 569. The van der Waals surface area contributed by atoms with Crippen LogP contribution in [0.15, 0.2) is 34.3 Å². The monoisotopic (exact) mass is 277 g/mol. The highest BCUT2D eigenvalue weighted by Crippen LogP contribution is 2.22. The Labute approximate surface area is 119 Å². The summed E-state index contributed by atoms with van der Waals surface area (Å²) >= 11 is 0. The van der Waals surface area contributed by atoms with E-state index < -0.39 is 6.10 Å². The molecule has 0 spiro atoms. The minimum Gasteiger partial charge on any atom is -0.507 e. The Morgan fingerprint density at radius 3 is 2.65 bits per heavy atom. The Kier molecular flexibility index (Phi) is 5.77. The van der Waals surface area contributed by atoms with E-state index in [4.69, 9.17) is 0 Å². The molecular weight excluding hydrogens is 254 g/mol. The van der Waals surface area contributed by atoms with Crippen LogP contribution in [0.2, 0.25) is 0 Å². The van der Waals surface area contributed by atoms with E-state index in [0.717, 1.165) is 11.1 Å². The number of aliphatic hydroxyl groups excluding tert-OH is 1. The molecule has 0 radical (unpaired) electrons. The second kappa shape index (κ2) is 7.10. The van der Waals surface area contributed by atoms with Crippen molar-refractivity contribution in [3.63, 3.8) is 0 Å². The smallest absolute Gasteiger partial charge is 0.258 e. The van der Waals surface area contributed by atoms with E-state index in [1.54, 1.807) is 6.08 Å². The van der Waals surface area contributed by atoms with Crippen molar-refractivity contribution in [2.24, 2.45) is 5.92 Å². The molecule has 0 bridgehead atoms. The maximum Gasteiger partial charge on any atom is 0.258 e. The van der Waals surface area contributed by atoms with Gasteiger partial charge in [-0.15, -0.1) is 0 Å². The molecule has 0 aliphatic rings. The van der Waals surface area contributed by atoms with Gasteiger partial charge < -0.3 is 15.2 Å². The van der Waals surface area contributed by atoms with Crippen LogP contribution in [0.1, 0.15) is 39.7 Å². The summed E-state index contributed by atoms with van der Waals surface area (Å²) in [5.41, 5.74) is 1.81. The molecule has 0 fully saturated rings. The van der Waals surface area contributed by atoms with E-state index in [9.17, 15) is 15.0 Å². The highest BCUT2D eigenvalue weighted by Gasteiger charge is 2.16. The van der Waals surface area contributed by atoms with Crippen LogP contribution in [-0.4, -0.2) is 21.3 Å². The van der Waals surface area contributed by atoms with Crippen molar-refractivity contribution < 1.29 is 10.2 Å². The zero-order chi connectivity index (χ0) is 15.3. The van der Waals surface area contributed by atoms with Crippen LogP contribution >= 0.6 is 0 Å². The SMILES string of the molecule is C/C=C(\C)[C@H](O)[C@H](C)C/C(C)=C/c1c(O)cc[nH]c1=O. The molecule has 0 aliphatic carbocycles. The normalized spacial score (nSPS) is 16.1. The molecule has 0 amide bonds. The molecule has 0 saturated carbocycles. The fraction of sp³-hybridized carbons (Fsp3) is 0.438. The quantitative estimate of drug-likeness (QED) is 0.725. The van der Waals surface area contributed by atoms with Crippen molar-refractivity contribution in [1.29, 1.82) is 0 Å². The molecule has 1 heterocycles. The summed E-state index contributed by atoms with van der Waals surface area (Å²) in [6.45, 7) is 7.65. The van der Waals surface area contributed by atoms with Crippen LogP contribution in [0.5, 0.6) is 5.75 Å². The van der Waals surface area contributed by atoms with Crippen LogP contribution in [-0.2, 0) is 0 Å². The molecule has 20 heavy (non-hydrogen) atoms. The van der Waals surface area contributed by atoms with Gasteiger partial charge in [0.2, 0.25) is 0 Å². The van der Waals surface area contributed by atoms with Gasteiger partial charge in [0, 0.05) is 6.20 Å². The van der Waals surface area contributed by atoms with Gasteiger partial charge in [-0.2, -0.15) is 0 Å². The molecule has 3 N–H and O–H groups in total. The summed E-state index contributed by atoms with van der Waals surface area (Å²) in [4.78, 5) is 14.2. The van der Waals surface area contributed by atoms with Gasteiger partial charge in [0.1, 0.15) is 5.75 Å². The summed E-state index contributed by atoms with van der Waals surface area (Å²) in [6.07, 6.45) is 5.13. The number of allylic oxidation sites excluding steroid dienone is 2. The van der Waals surface area contributed by atoms with Crippen LogP contribution in [0, 0.1) is 5.92 Å². The molecule has 0 saturated heterocycles. The average Bonchev–Trinajstić information content (AvgIpc) is 2.41. The van der Waals surface area contributed by atoms with E-state index >= 15 is 0 Å². The molecule has 1 aromatic rings. The summed E-state index contributed by atoms with van der Waals surface area (Å²) in [6, 6.07) is 1.45. The van der Waals surface area contributed by atoms with Gasteiger partial charge in [-0.3, -0.25) is 4.79 Å². The van der Waals surface area contributed by atoms with E-state index in [2.05, 4.69) is 4.98 Å². The number of H-pyrrole nitrogens is 1. The number of aromatic nitrogens is 1. The minimum atomic E-state index is -0.494. The van der Waals surface area contributed by atoms with Gasteiger partial charge in [-0.05, 0) is 50.8 Å². The molecule has 0 aromatic carbocycles. The summed E-state index contributed by atoms with van der Waals surface area (Å²) in [7, 11) is 0. The summed E-state index contributed by atoms with van der Waals surface area (Å²) in [5, 5.41) is 19.8. The second-order valence-electron chi connectivity index (χ2n) is 5.26. The van der Waals surface area contributed by atoms with Crippen molar-refractivity contribution in [2.75, 3.05) is 0 Å². The van der Waals surface area contributed by atoms with Crippen molar-refractivity contribution in [2.45, 2.75) is 40.2 Å². The number of aromatic amines is 1. The van der Waals surface area contributed by atoms with Gasteiger partial charge >= 0.3 is 0 Å². The number of hydrogen-bond acceptors (Lipinski definition) is 3. The molecule has 1 rings (SSSR count). The molecule has 110 valence electrons. The third kappa shape index (κ3) is 4.10. The molecule has 4 nitrogen and oxygen atoms in total. The lowest BCUT2D eigenvalue weighted by atomic mass is 9.91. The van der Waals surface area contributed by atoms with Crippen LogP contribution in [0.25, 0.3) is 6.08 Å². The molecule has 0 unspecified atom stereocenters. The van der Waals surface area contributed by atoms with Gasteiger partial charge in [0.15, 0.2) is 0 Å². The fourth-order valence-corrected chi connectivity index (χ4v) is 2.16. The lowest BCUT2D eigenvalue weighted by molar-refractivity contribution is 0.150. The number of nitrogens with one attached hydrogen (secondary N) is 1. The predicted molar refractivity (Wildman–Crippen MR) is 81.6 cm³/mol. The first-order chi connectivity index (χ1) is 9.36. The minimum absolute atomic E-state index is 0.0362. The Hall–Kier alpha value is -1.81. The predicted octanol–water partition coefficient (Wildman–Crippen LogP) is 2.84. The van der Waals surface area contributed by atoms with E-state index in [1.165, 1.54) is 12.3 Å². The number of hydrogen-bond donors (Lipinski definition) is 3. The van der Waals surface area contributed by atoms with Gasteiger partial charge in [0.05, 0.1) is 11.7 Å². The van der Waals surface area contributed by atoms with Gasteiger partial charge in [-0.1, -0.05) is 18.6 Å². The lowest BCUT2D eigenvalue weighted by Gasteiger charge is -2.19. The Morgan fingerprint density at radius 2 is 2.10 bits per heavy atom. The third-order valence-electron chi connectivity index (χ3n) is 3.47. The average molecular weight is 277 g/mol. The first-order valence-electron chi connectivity index (χ1n) is 6.75. The Morgan fingerprint density at radius 1 is 1.45 bits per heavy atom. The molecule has 0 aliphatic heterocycles. The van der Waals surface area contributed by atoms with E-state index in [-0.39, 0.29) is 22.8 Å².